The van der Waals surface area contributed by atoms with E-state index in [2.05, 4.69) is 0 Å². The predicted molar refractivity (Wildman–Crippen MR) is 49.2 cm³/mol. The fourth-order valence-corrected chi connectivity index (χ4v) is 0.508. The second kappa shape index (κ2) is 3.83. The van der Waals surface area contributed by atoms with Crippen molar-refractivity contribution in [1.29, 1.82) is 0 Å². The molecule has 0 heterocycles. The number of hydrogen-bond acceptors (Lipinski definition) is 2. The van der Waals surface area contributed by atoms with Crippen LogP contribution in [0.4, 0.5) is 4.79 Å². The van der Waals surface area contributed by atoms with Crippen LogP contribution in [-0.4, -0.2) is 37.4 Å². The molecule has 0 saturated heterocycles. The number of carbonyl (C=O) groups excluding carboxylic acids is 1. The number of hydrogen-bond donors (Lipinski definition) is 0. The first-order valence-corrected chi connectivity index (χ1v) is 3.98. The molecule has 0 unspecified atom stereocenters. The van der Waals surface area contributed by atoms with E-state index in [0.717, 1.165) is 0 Å². The highest BCUT2D eigenvalue weighted by molar-refractivity contribution is 6.14. The minimum absolute atomic E-state index is 0.125. The van der Waals surface area contributed by atoms with Crippen molar-refractivity contribution in [3.63, 3.8) is 0 Å². The summed E-state index contributed by atoms with van der Waals surface area (Å²) >= 11 is 0. The molecule has 2 radical (unpaired) electrons. The van der Waals surface area contributed by atoms with Gasteiger partial charge in [0.25, 0.3) is 0 Å². The SMILES string of the molecule is [B]C(C)(C)OC(=O)N(C)C(C)C. The molecule has 0 fully saturated rings. The van der Waals surface area contributed by atoms with Crippen LogP contribution in [0.2, 0.25) is 0 Å². The third-order valence-electron chi connectivity index (χ3n) is 1.41. The minimum atomic E-state index is -0.903. The molecule has 68 valence electrons. The summed E-state index contributed by atoms with van der Waals surface area (Å²) < 4.78 is 4.93. The third-order valence-corrected chi connectivity index (χ3v) is 1.41. The highest BCUT2D eigenvalue weighted by Gasteiger charge is 2.20. The van der Waals surface area contributed by atoms with Gasteiger partial charge in [-0.3, -0.25) is 0 Å². The lowest BCUT2D eigenvalue weighted by Gasteiger charge is -2.27. The van der Waals surface area contributed by atoms with Crippen molar-refractivity contribution < 1.29 is 9.53 Å². The molecule has 0 spiro atoms. The maximum Gasteiger partial charge on any atom is 0.409 e. The molecule has 0 aliphatic rings. The Morgan fingerprint density at radius 1 is 1.50 bits per heavy atom. The fraction of sp³-hybridized carbons (Fsp3) is 0.875. The molecule has 0 saturated carbocycles. The molecule has 0 N–H and O–H groups in total. The maximum absolute atomic E-state index is 11.2. The number of carbonyl (C=O) groups is 1. The molecule has 0 aromatic heterocycles. The van der Waals surface area contributed by atoms with Crippen LogP contribution in [0.15, 0.2) is 0 Å². The van der Waals surface area contributed by atoms with Crippen LogP contribution < -0.4 is 0 Å². The second-order valence-electron chi connectivity index (χ2n) is 3.68. The number of ether oxygens (including phenoxy) is 1. The van der Waals surface area contributed by atoms with Crippen LogP contribution in [0.3, 0.4) is 0 Å². The Morgan fingerprint density at radius 2 is 1.92 bits per heavy atom. The molecule has 0 aliphatic carbocycles. The summed E-state index contributed by atoms with van der Waals surface area (Å²) in [6.07, 6.45) is -0.391. The van der Waals surface area contributed by atoms with Gasteiger partial charge in [-0.15, -0.1) is 0 Å². The van der Waals surface area contributed by atoms with Gasteiger partial charge in [-0.2, -0.15) is 0 Å². The van der Waals surface area contributed by atoms with Gasteiger partial charge in [0.1, 0.15) is 7.85 Å². The van der Waals surface area contributed by atoms with Crippen molar-refractivity contribution in [2.75, 3.05) is 7.05 Å². The van der Waals surface area contributed by atoms with Crippen molar-refractivity contribution in [3.8, 4) is 0 Å². The Balaban J connectivity index is 4.05. The molecule has 1 amide bonds. The Hall–Kier alpha value is -0.665. The molecule has 4 heteroatoms. The smallest absolute Gasteiger partial charge is 0.409 e. The lowest BCUT2D eigenvalue weighted by atomic mass is 9.86. The van der Waals surface area contributed by atoms with E-state index < -0.39 is 11.6 Å². The molecule has 0 atom stereocenters. The van der Waals surface area contributed by atoms with Crippen molar-refractivity contribution in [2.45, 2.75) is 39.2 Å². The Bertz CT molecular complexity index is 163. The van der Waals surface area contributed by atoms with Gasteiger partial charge in [0, 0.05) is 13.1 Å². The van der Waals surface area contributed by atoms with Crippen LogP contribution in [0.1, 0.15) is 27.7 Å². The molecule has 0 bridgehead atoms. The first-order chi connectivity index (χ1) is 5.24. The van der Waals surface area contributed by atoms with E-state index in [1.54, 1.807) is 20.9 Å². The Labute approximate surface area is 75.5 Å². The molecule has 0 aliphatic heterocycles. The largest absolute Gasteiger partial charge is 0.454 e. The van der Waals surface area contributed by atoms with Gasteiger partial charge >= 0.3 is 6.09 Å². The normalized spacial score (nSPS) is 11.5. The van der Waals surface area contributed by atoms with Gasteiger partial charge < -0.3 is 9.64 Å². The van der Waals surface area contributed by atoms with Crippen LogP contribution in [0.25, 0.3) is 0 Å². The van der Waals surface area contributed by atoms with Crippen molar-refractivity contribution in [3.05, 3.63) is 0 Å². The van der Waals surface area contributed by atoms with Gasteiger partial charge in [0.2, 0.25) is 0 Å². The zero-order valence-electron chi connectivity index (χ0n) is 8.42. The first-order valence-electron chi connectivity index (χ1n) is 3.98. The summed E-state index contributed by atoms with van der Waals surface area (Å²) in [6, 6.07) is 0.125. The van der Waals surface area contributed by atoms with E-state index in [1.807, 2.05) is 13.8 Å². The number of amides is 1. The van der Waals surface area contributed by atoms with E-state index in [-0.39, 0.29) is 6.04 Å². The van der Waals surface area contributed by atoms with Crippen LogP contribution in [-0.2, 0) is 4.74 Å². The first kappa shape index (κ1) is 11.3. The summed E-state index contributed by atoms with van der Waals surface area (Å²) in [5, 5.41) is 0. The lowest BCUT2D eigenvalue weighted by molar-refractivity contribution is 0.0579. The highest BCUT2D eigenvalue weighted by Crippen LogP contribution is 2.07. The van der Waals surface area contributed by atoms with E-state index in [4.69, 9.17) is 12.6 Å². The zero-order chi connectivity index (χ0) is 9.94. The Morgan fingerprint density at radius 3 is 2.17 bits per heavy atom. The molecular weight excluding hydrogens is 153 g/mol. The average Bonchev–Trinajstić information content (AvgIpc) is 1.82. The average molecular weight is 169 g/mol. The number of nitrogens with zero attached hydrogens (tertiary/aromatic N) is 1. The molecule has 0 aromatic carbocycles. The minimum Gasteiger partial charge on any atom is -0.454 e. The zero-order valence-corrected chi connectivity index (χ0v) is 8.42. The van der Waals surface area contributed by atoms with Crippen molar-refractivity contribution >= 4 is 13.9 Å². The lowest BCUT2D eigenvalue weighted by Crippen LogP contribution is -2.39. The molecule has 3 nitrogen and oxygen atoms in total. The van der Waals surface area contributed by atoms with E-state index >= 15 is 0 Å². The summed E-state index contributed by atoms with van der Waals surface area (Å²) in [5.41, 5.74) is -0.903. The summed E-state index contributed by atoms with van der Waals surface area (Å²) in [5.74, 6) is 0. The Kier molecular flexibility index (Phi) is 3.62. The van der Waals surface area contributed by atoms with Crippen LogP contribution in [0, 0.1) is 0 Å². The molecular formula is C8H16BNO2. The molecule has 12 heavy (non-hydrogen) atoms. The fourth-order valence-electron chi connectivity index (χ4n) is 0.508. The van der Waals surface area contributed by atoms with Crippen LogP contribution in [0.5, 0.6) is 0 Å². The van der Waals surface area contributed by atoms with Gasteiger partial charge in [0.05, 0.1) is 5.50 Å². The van der Waals surface area contributed by atoms with Crippen LogP contribution >= 0.6 is 0 Å². The molecule has 0 rings (SSSR count). The maximum atomic E-state index is 11.2. The van der Waals surface area contributed by atoms with Gasteiger partial charge in [0.15, 0.2) is 0 Å². The predicted octanol–water partition coefficient (Wildman–Crippen LogP) is 1.37. The second-order valence-corrected chi connectivity index (χ2v) is 3.68. The van der Waals surface area contributed by atoms with E-state index in [0.29, 0.717) is 0 Å². The van der Waals surface area contributed by atoms with Crippen molar-refractivity contribution in [1.82, 2.24) is 4.90 Å². The highest BCUT2D eigenvalue weighted by atomic mass is 16.6. The summed E-state index contributed by atoms with van der Waals surface area (Å²) in [7, 11) is 7.18. The summed E-state index contributed by atoms with van der Waals surface area (Å²) in [4.78, 5) is 12.7. The van der Waals surface area contributed by atoms with Gasteiger partial charge in [-0.05, 0) is 27.7 Å². The summed E-state index contributed by atoms with van der Waals surface area (Å²) in [6.45, 7) is 7.09. The van der Waals surface area contributed by atoms with E-state index in [9.17, 15) is 4.79 Å². The topological polar surface area (TPSA) is 29.5 Å². The van der Waals surface area contributed by atoms with Crippen molar-refractivity contribution in [2.24, 2.45) is 0 Å². The number of rotatable bonds is 2. The van der Waals surface area contributed by atoms with E-state index in [1.165, 1.54) is 4.90 Å². The van der Waals surface area contributed by atoms with Gasteiger partial charge in [-0.1, -0.05) is 0 Å². The quantitative estimate of drug-likeness (QED) is 0.584. The molecule has 0 aromatic rings. The third kappa shape index (κ3) is 4.26. The standard InChI is InChI=1S/C8H16BNO2/c1-6(2)10(5)7(11)12-8(3,4)9/h6H,1-5H3. The van der Waals surface area contributed by atoms with Gasteiger partial charge in [-0.25, -0.2) is 4.79 Å². The monoisotopic (exact) mass is 169 g/mol.